The predicted octanol–water partition coefficient (Wildman–Crippen LogP) is 7.38. The zero-order valence-corrected chi connectivity index (χ0v) is 34.0. The second-order valence-corrected chi connectivity index (χ2v) is 15.0. The summed E-state index contributed by atoms with van der Waals surface area (Å²) in [5.74, 6) is 3.13. The third-order valence-electron chi connectivity index (χ3n) is 9.47. The zero-order valence-electron chi connectivity index (χ0n) is 30.0. The van der Waals surface area contributed by atoms with E-state index in [1.165, 1.54) is 76.2 Å². The van der Waals surface area contributed by atoms with Crippen molar-refractivity contribution in [3.63, 3.8) is 0 Å². The fraction of sp³-hybridized carbons (Fsp3) is 0.152. The van der Waals surface area contributed by atoms with Crippen LogP contribution in [0.2, 0.25) is 0 Å². The second kappa shape index (κ2) is 17.3. The van der Waals surface area contributed by atoms with Crippen LogP contribution < -0.4 is 24.8 Å². The molecule has 1 saturated carbocycles. The zero-order chi connectivity index (χ0) is 35.6. The number of rotatable bonds is 4. The van der Waals surface area contributed by atoms with Crippen LogP contribution in [-0.4, -0.2) is 3.21 Å². The van der Waals surface area contributed by atoms with Gasteiger partial charge in [-0.25, -0.2) is 8.78 Å². The maximum atomic E-state index is 13.2. The van der Waals surface area contributed by atoms with Crippen LogP contribution in [-0.2, 0) is 24.2 Å². The molecule has 0 atom stereocenters. The summed E-state index contributed by atoms with van der Waals surface area (Å²) in [4.78, 5) is 0. The van der Waals surface area contributed by atoms with E-state index in [0.29, 0.717) is 0 Å². The van der Waals surface area contributed by atoms with E-state index >= 15 is 0 Å². The van der Waals surface area contributed by atoms with E-state index in [-0.39, 0.29) is 36.4 Å². The number of fused-ring (bicyclic) bond motifs is 2. The van der Waals surface area contributed by atoms with Crippen LogP contribution in [0.25, 0.3) is 66.4 Å². The van der Waals surface area contributed by atoms with Gasteiger partial charge in [0, 0.05) is 0 Å². The molecule has 268 valence electrons. The maximum absolute atomic E-state index is 13.2. The van der Waals surface area contributed by atoms with E-state index in [4.69, 9.17) is 8.83 Å². The van der Waals surface area contributed by atoms with Gasteiger partial charge in [0.1, 0.15) is 11.6 Å². The quantitative estimate of drug-likeness (QED) is 0.174. The van der Waals surface area contributed by atoms with Gasteiger partial charge in [0.15, 0.2) is 0 Å². The summed E-state index contributed by atoms with van der Waals surface area (Å²) in [6.45, 7) is 8.06. The molecule has 2 aromatic heterocycles. The first-order valence-electron chi connectivity index (χ1n) is 17.2. The third-order valence-corrected chi connectivity index (χ3v) is 10.7. The normalized spacial score (nSPS) is 11.9. The van der Waals surface area contributed by atoms with Gasteiger partial charge in [0.2, 0.25) is 0 Å². The van der Waals surface area contributed by atoms with Gasteiger partial charge in [0.05, 0.1) is 23.0 Å². The Kier molecular flexibility index (Phi) is 13.1. The van der Waals surface area contributed by atoms with Gasteiger partial charge < -0.3 is 33.6 Å². The van der Waals surface area contributed by atoms with Crippen molar-refractivity contribution in [2.75, 3.05) is 0 Å². The Bertz CT molecular complexity index is 2310. The Morgan fingerprint density at radius 3 is 1.21 bits per heavy atom. The molecule has 0 bridgehead atoms. The summed E-state index contributed by atoms with van der Waals surface area (Å²) in [5.41, 5.74) is 8.86. The molecule has 0 aliphatic heterocycles. The number of furan rings is 2. The number of halogens is 4. The molecule has 0 spiro atoms. The molecule has 7 heteroatoms. The Morgan fingerprint density at radius 1 is 0.528 bits per heavy atom. The third kappa shape index (κ3) is 8.98. The van der Waals surface area contributed by atoms with Gasteiger partial charge in [-0.2, -0.15) is 0 Å². The van der Waals surface area contributed by atoms with Crippen molar-refractivity contribution in [3.8, 4) is 44.9 Å². The van der Waals surface area contributed by atoms with Crippen LogP contribution >= 0.6 is 0 Å². The molecular formula is C46H38Cl2F2O2Zr-2. The molecular weight excluding hydrogens is 785 g/mol. The van der Waals surface area contributed by atoms with Gasteiger partial charge in [-0.1, -0.05) is 58.7 Å². The fourth-order valence-electron chi connectivity index (χ4n) is 6.60. The summed E-state index contributed by atoms with van der Waals surface area (Å²) in [6, 6.07) is 38.3. The molecule has 53 heavy (non-hydrogen) atoms. The number of aryl methyl sites for hydroxylation is 4. The number of hydrogen-bond donors (Lipinski definition) is 0. The first kappa shape index (κ1) is 40.0. The molecule has 0 radical (unpaired) electrons. The molecule has 1 aliphatic rings. The first-order chi connectivity index (χ1) is 24.6. The summed E-state index contributed by atoms with van der Waals surface area (Å²) in [5, 5.41) is 4.67. The van der Waals surface area contributed by atoms with Gasteiger partial charge in [-0.3, -0.25) is 0 Å². The molecule has 0 unspecified atom stereocenters. The summed E-state index contributed by atoms with van der Waals surface area (Å²) >= 11 is 1.67. The molecule has 0 saturated heterocycles. The van der Waals surface area contributed by atoms with Gasteiger partial charge in [-0.05, 0) is 98.5 Å². The SMILES string of the molecule is Cc1ccc(-c2cc3c(-c4ccc(F)cc4)c(C)ccc3[cH-]2)o1.Cc1ccc(-c2cc3c(-c4ccc(F)cc4)c(C)ccc3[cH-]2)o1.[Cl-].[Cl-].[Zr+2]=[C]1CCC1. The standard InChI is InChI=1S/2C21H16FO.C4H6.2ClH.Zr/c2*1-13-3-5-16-11-17(20-10-4-14(2)23-20)12-19(16)21(13)15-6-8-18(22)9-7-15;1-2-4-3-1;;;/h2*3-12H,1-2H3;1-3H2;2*1H;/q2*-1;;;;+2/p-2. The average Bonchev–Trinajstić information content (AvgIpc) is 3.92. The van der Waals surface area contributed by atoms with Crippen molar-refractivity contribution in [1.82, 2.24) is 0 Å². The predicted molar refractivity (Wildman–Crippen MR) is 203 cm³/mol. The molecule has 6 aromatic carbocycles. The van der Waals surface area contributed by atoms with Crippen molar-refractivity contribution in [1.29, 1.82) is 0 Å². The van der Waals surface area contributed by atoms with Gasteiger partial charge in [-0.15, -0.1) is 57.9 Å². The monoisotopic (exact) mass is 820 g/mol. The second-order valence-electron chi connectivity index (χ2n) is 13.3. The minimum atomic E-state index is -0.215. The van der Waals surface area contributed by atoms with Gasteiger partial charge in [0.25, 0.3) is 0 Å². The molecule has 2 heterocycles. The molecule has 1 aliphatic carbocycles. The molecule has 2 nitrogen and oxygen atoms in total. The molecule has 0 amide bonds. The Labute approximate surface area is 336 Å². The van der Waals surface area contributed by atoms with E-state index in [9.17, 15) is 8.78 Å². The first-order valence-corrected chi connectivity index (χ1v) is 18.5. The van der Waals surface area contributed by atoms with E-state index < -0.39 is 0 Å². The van der Waals surface area contributed by atoms with Crippen molar-refractivity contribution < 1.29 is 66.7 Å². The molecule has 9 rings (SSSR count). The van der Waals surface area contributed by atoms with E-state index in [0.717, 1.165) is 56.4 Å². The van der Waals surface area contributed by atoms with Crippen LogP contribution in [0.1, 0.15) is 41.9 Å². The van der Waals surface area contributed by atoms with Crippen molar-refractivity contribution >= 4 is 24.8 Å². The molecule has 1 fully saturated rings. The van der Waals surface area contributed by atoms with Crippen LogP contribution in [0.15, 0.2) is 130 Å². The number of benzene rings is 4. The van der Waals surface area contributed by atoms with E-state index in [1.54, 1.807) is 27.4 Å². The molecule has 0 N–H and O–H groups in total. The van der Waals surface area contributed by atoms with E-state index in [2.05, 4.69) is 62.4 Å². The minimum absolute atomic E-state index is 0. The average molecular weight is 823 g/mol. The van der Waals surface area contributed by atoms with Crippen LogP contribution in [0.3, 0.4) is 0 Å². The topological polar surface area (TPSA) is 26.3 Å². The fourth-order valence-corrected chi connectivity index (χ4v) is 7.47. The summed E-state index contributed by atoms with van der Waals surface area (Å²) in [6.07, 6.45) is 4.36. The summed E-state index contributed by atoms with van der Waals surface area (Å²) in [7, 11) is 0. The van der Waals surface area contributed by atoms with Crippen LogP contribution in [0, 0.1) is 39.3 Å². The Balaban J connectivity index is 0.000000175. The van der Waals surface area contributed by atoms with Gasteiger partial charge >= 0.3 is 46.7 Å². The Morgan fingerprint density at radius 2 is 0.906 bits per heavy atom. The van der Waals surface area contributed by atoms with Crippen LogP contribution in [0.4, 0.5) is 8.78 Å². The summed E-state index contributed by atoms with van der Waals surface area (Å²) < 4.78 is 39.7. The van der Waals surface area contributed by atoms with Crippen molar-refractivity contribution in [2.24, 2.45) is 0 Å². The Hall–Kier alpha value is -4.15. The molecule has 8 aromatic rings. The van der Waals surface area contributed by atoms with Crippen molar-refractivity contribution in [2.45, 2.75) is 47.0 Å². The van der Waals surface area contributed by atoms with E-state index in [1.807, 2.05) is 62.4 Å². The van der Waals surface area contributed by atoms with Crippen molar-refractivity contribution in [3.05, 3.63) is 156 Å². The number of hydrogen-bond acceptors (Lipinski definition) is 2. The van der Waals surface area contributed by atoms with Crippen LogP contribution in [0.5, 0.6) is 0 Å².